The number of ether oxygens (including phenoxy) is 1. The molecule has 1 rings (SSSR count). The molecule has 0 aromatic rings. The highest BCUT2D eigenvalue weighted by atomic mass is 32.2. The summed E-state index contributed by atoms with van der Waals surface area (Å²) in [6, 6.07) is 0. The normalized spacial score (nSPS) is 17.5. The second kappa shape index (κ2) is 7.95. The molecule has 0 unspecified atom stereocenters. The van der Waals surface area contributed by atoms with Crippen LogP contribution in [0.3, 0.4) is 0 Å². The van der Waals surface area contributed by atoms with Crippen molar-refractivity contribution in [2.24, 2.45) is 0 Å². The van der Waals surface area contributed by atoms with Crippen LogP contribution in [0.5, 0.6) is 0 Å². The summed E-state index contributed by atoms with van der Waals surface area (Å²) in [7, 11) is 1.69. The van der Waals surface area contributed by atoms with Gasteiger partial charge in [0.25, 0.3) is 0 Å². The third-order valence-corrected chi connectivity index (χ3v) is 4.27. The van der Waals surface area contributed by atoms with Crippen molar-refractivity contribution in [3.8, 4) is 0 Å². The van der Waals surface area contributed by atoms with Gasteiger partial charge in [-0.05, 0) is 31.4 Å². The molecule has 0 aliphatic heterocycles. The van der Waals surface area contributed by atoms with Crippen molar-refractivity contribution in [3.63, 3.8) is 0 Å². The summed E-state index contributed by atoms with van der Waals surface area (Å²) in [5.41, 5.74) is -0.173. The lowest BCUT2D eigenvalue weighted by Crippen LogP contribution is -2.44. The molecular formula is C12H23NO3S. The minimum Gasteiger partial charge on any atom is -0.396 e. The molecule has 0 aromatic heterocycles. The number of carbonyl (C=O) groups excluding carboxylic acids is 1. The van der Waals surface area contributed by atoms with E-state index in [4.69, 9.17) is 9.84 Å². The van der Waals surface area contributed by atoms with E-state index in [2.05, 4.69) is 5.32 Å². The molecule has 2 N–H and O–H groups in total. The fourth-order valence-corrected chi connectivity index (χ4v) is 2.69. The minimum absolute atomic E-state index is 0.0920. The second-order valence-corrected chi connectivity index (χ2v) is 5.68. The number of methoxy groups -OCH3 is 1. The summed E-state index contributed by atoms with van der Waals surface area (Å²) < 4.78 is 5.41. The van der Waals surface area contributed by atoms with Crippen LogP contribution in [0.2, 0.25) is 0 Å². The molecule has 17 heavy (non-hydrogen) atoms. The Morgan fingerprint density at radius 1 is 1.47 bits per heavy atom. The minimum atomic E-state index is -0.173. The van der Waals surface area contributed by atoms with Crippen LogP contribution in [0.1, 0.15) is 32.1 Å². The Kier molecular flexibility index (Phi) is 6.92. The van der Waals surface area contributed by atoms with Gasteiger partial charge >= 0.3 is 0 Å². The Hall–Kier alpha value is -0.260. The van der Waals surface area contributed by atoms with Crippen molar-refractivity contribution in [1.29, 1.82) is 0 Å². The molecule has 1 saturated carbocycles. The van der Waals surface area contributed by atoms with Gasteiger partial charge in [-0.2, -0.15) is 11.8 Å². The fraction of sp³-hybridized carbons (Fsp3) is 0.917. The Bertz CT molecular complexity index is 226. The van der Waals surface area contributed by atoms with Gasteiger partial charge in [0, 0.05) is 26.0 Å². The summed E-state index contributed by atoms with van der Waals surface area (Å²) >= 11 is 1.76. The van der Waals surface area contributed by atoms with E-state index < -0.39 is 0 Å². The van der Waals surface area contributed by atoms with Gasteiger partial charge in [-0.3, -0.25) is 4.79 Å². The average Bonchev–Trinajstić information content (AvgIpc) is 2.28. The van der Waals surface area contributed by atoms with Crippen LogP contribution in [0.25, 0.3) is 0 Å². The summed E-state index contributed by atoms with van der Waals surface area (Å²) in [5.74, 6) is 1.95. The maximum Gasteiger partial charge on any atom is 0.222 e. The lowest BCUT2D eigenvalue weighted by atomic mass is 9.77. The highest BCUT2D eigenvalue weighted by Gasteiger charge is 2.38. The Morgan fingerprint density at radius 3 is 2.76 bits per heavy atom. The topological polar surface area (TPSA) is 58.6 Å². The highest BCUT2D eigenvalue weighted by molar-refractivity contribution is 7.99. The van der Waals surface area contributed by atoms with Crippen LogP contribution in [0.4, 0.5) is 0 Å². The molecule has 0 radical (unpaired) electrons. The average molecular weight is 261 g/mol. The predicted octanol–water partition coefficient (Wildman–Crippen LogP) is 1.18. The van der Waals surface area contributed by atoms with Crippen LogP contribution < -0.4 is 5.32 Å². The summed E-state index contributed by atoms with van der Waals surface area (Å²) in [4.78, 5) is 11.7. The molecule has 0 spiro atoms. The first-order valence-corrected chi connectivity index (χ1v) is 7.38. The summed E-state index contributed by atoms with van der Waals surface area (Å²) in [6.45, 7) is 0.949. The Morgan fingerprint density at radius 2 is 2.24 bits per heavy atom. The van der Waals surface area contributed by atoms with E-state index in [1.165, 1.54) is 0 Å². The van der Waals surface area contributed by atoms with Gasteiger partial charge in [0.05, 0.1) is 12.0 Å². The first-order chi connectivity index (χ1) is 8.22. The molecule has 5 heteroatoms. The smallest absolute Gasteiger partial charge is 0.222 e. The molecule has 1 amide bonds. The number of nitrogens with one attached hydrogen (secondary N) is 1. The zero-order chi connectivity index (χ0) is 12.6. The number of aliphatic hydroxyl groups is 1. The van der Waals surface area contributed by atoms with Crippen LogP contribution in [-0.2, 0) is 9.53 Å². The van der Waals surface area contributed by atoms with Gasteiger partial charge in [-0.1, -0.05) is 0 Å². The third kappa shape index (κ3) is 5.27. The molecule has 0 aromatic carbocycles. The van der Waals surface area contributed by atoms with Gasteiger partial charge in [-0.15, -0.1) is 0 Å². The summed E-state index contributed by atoms with van der Waals surface area (Å²) in [5, 5.41) is 11.5. The van der Waals surface area contributed by atoms with E-state index in [9.17, 15) is 4.79 Å². The fourth-order valence-electron chi connectivity index (χ4n) is 1.91. The molecular weight excluding hydrogens is 238 g/mol. The van der Waals surface area contributed by atoms with Crippen molar-refractivity contribution < 1.29 is 14.6 Å². The zero-order valence-electron chi connectivity index (χ0n) is 10.5. The van der Waals surface area contributed by atoms with Gasteiger partial charge in [0.1, 0.15) is 0 Å². The van der Waals surface area contributed by atoms with Gasteiger partial charge < -0.3 is 15.2 Å². The van der Waals surface area contributed by atoms with E-state index >= 15 is 0 Å². The number of thioether (sulfide) groups is 1. The SMILES string of the molecule is COC1(CC(=O)NCCSCCCO)CCC1. The maximum absolute atomic E-state index is 11.7. The van der Waals surface area contributed by atoms with Gasteiger partial charge in [0.2, 0.25) is 5.91 Å². The third-order valence-electron chi connectivity index (χ3n) is 3.20. The molecule has 1 aliphatic rings. The number of rotatable bonds is 9. The number of amides is 1. The van der Waals surface area contributed by atoms with E-state index in [0.29, 0.717) is 13.0 Å². The lowest BCUT2D eigenvalue weighted by molar-refractivity contribution is -0.134. The van der Waals surface area contributed by atoms with Crippen LogP contribution in [0, 0.1) is 0 Å². The Balaban J connectivity index is 2.01. The highest BCUT2D eigenvalue weighted by Crippen LogP contribution is 2.37. The maximum atomic E-state index is 11.7. The number of hydrogen-bond donors (Lipinski definition) is 2. The first-order valence-electron chi connectivity index (χ1n) is 6.23. The molecule has 100 valence electrons. The van der Waals surface area contributed by atoms with Crippen molar-refractivity contribution in [1.82, 2.24) is 5.32 Å². The van der Waals surface area contributed by atoms with Crippen molar-refractivity contribution in [3.05, 3.63) is 0 Å². The van der Waals surface area contributed by atoms with Crippen LogP contribution in [-0.4, -0.2) is 48.4 Å². The number of hydrogen-bond acceptors (Lipinski definition) is 4. The predicted molar refractivity (Wildman–Crippen MR) is 70.2 cm³/mol. The van der Waals surface area contributed by atoms with Crippen LogP contribution in [0.15, 0.2) is 0 Å². The summed E-state index contributed by atoms with van der Waals surface area (Å²) in [6.07, 6.45) is 4.48. The lowest BCUT2D eigenvalue weighted by Gasteiger charge is -2.39. The monoisotopic (exact) mass is 261 g/mol. The van der Waals surface area contributed by atoms with Crippen molar-refractivity contribution >= 4 is 17.7 Å². The first kappa shape index (κ1) is 14.8. The van der Waals surface area contributed by atoms with Crippen LogP contribution >= 0.6 is 11.8 Å². The number of aliphatic hydroxyl groups excluding tert-OH is 1. The molecule has 4 nitrogen and oxygen atoms in total. The largest absolute Gasteiger partial charge is 0.396 e. The van der Waals surface area contributed by atoms with Gasteiger partial charge in [0.15, 0.2) is 0 Å². The molecule has 0 atom stereocenters. The van der Waals surface area contributed by atoms with E-state index in [0.717, 1.165) is 37.2 Å². The van der Waals surface area contributed by atoms with E-state index in [1.807, 2.05) is 0 Å². The van der Waals surface area contributed by atoms with E-state index in [-0.39, 0.29) is 18.1 Å². The molecule has 0 saturated heterocycles. The van der Waals surface area contributed by atoms with Crippen molar-refractivity contribution in [2.75, 3.05) is 31.8 Å². The molecule has 1 aliphatic carbocycles. The van der Waals surface area contributed by atoms with Gasteiger partial charge in [-0.25, -0.2) is 0 Å². The molecule has 0 bridgehead atoms. The second-order valence-electron chi connectivity index (χ2n) is 4.46. The van der Waals surface area contributed by atoms with E-state index in [1.54, 1.807) is 18.9 Å². The molecule has 0 heterocycles. The molecule has 1 fully saturated rings. The zero-order valence-corrected chi connectivity index (χ0v) is 11.4. The number of carbonyl (C=O) groups is 1. The quantitative estimate of drug-likeness (QED) is 0.612. The Labute approximate surface area is 107 Å². The standard InChI is InChI=1S/C12H23NO3S/c1-16-12(4-2-5-12)10-11(15)13-6-9-17-8-3-7-14/h14H,2-10H2,1H3,(H,13,15). The van der Waals surface area contributed by atoms with Crippen molar-refractivity contribution in [2.45, 2.75) is 37.7 Å².